The van der Waals surface area contributed by atoms with E-state index in [2.05, 4.69) is 11.6 Å². The van der Waals surface area contributed by atoms with Crippen molar-refractivity contribution < 1.29 is 4.39 Å². The molecule has 1 atom stereocenters. The molecule has 2 rings (SSSR count). The van der Waals surface area contributed by atoms with Crippen LogP contribution in [0, 0.1) is 5.82 Å². The molecule has 3 heteroatoms. The lowest BCUT2D eigenvalue weighted by Crippen LogP contribution is -2.20. The van der Waals surface area contributed by atoms with Crippen LogP contribution in [-0.2, 0) is 6.42 Å². The lowest BCUT2D eigenvalue weighted by atomic mass is 10.1. The van der Waals surface area contributed by atoms with Gasteiger partial charge in [-0.1, -0.05) is 12.5 Å². The first-order chi connectivity index (χ1) is 8.81. The van der Waals surface area contributed by atoms with Crippen LogP contribution in [0.15, 0.2) is 18.2 Å². The van der Waals surface area contributed by atoms with Gasteiger partial charge in [-0.3, -0.25) is 0 Å². The maximum atomic E-state index is 13.1. The highest BCUT2D eigenvalue weighted by molar-refractivity contribution is 7.98. The predicted molar refractivity (Wildman–Crippen MR) is 77.7 cm³/mol. The molecule has 1 aromatic carbocycles. The van der Waals surface area contributed by atoms with E-state index >= 15 is 0 Å². The van der Waals surface area contributed by atoms with Crippen LogP contribution in [0.5, 0.6) is 0 Å². The second-order valence-electron chi connectivity index (χ2n) is 4.94. The van der Waals surface area contributed by atoms with Gasteiger partial charge in [-0.05, 0) is 67.5 Å². The standard InChI is InChI=1S/C15H22FNS/c1-18-10-4-2-3-9-17-15-8-5-12-11-13(16)6-7-14(12)15/h6-7,11,15,17H,2-5,8-10H2,1H3. The molecule has 18 heavy (non-hydrogen) atoms. The maximum Gasteiger partial charge on any atom is 0.123 e. The Morgan fingerprint density at radius 2 is 2.22 bits per heavy atom. The Morgan fingerprint density at radius 1 is 1.33 bits per heavy atom. The van der Waals surface area contributed by atoms with Crippen molar-refractivity contribution in [2.45, 2.75) is 38.1 Å². The van der Waals surface area contributed by atoms with Crippen molar-refractivity contribution in [2.24, 2.45) is 0 Å². The maximum absolute atomic E-state index is 13.1. The van der Waals surface area contributed by atoms with Crippen LogP contribution < -0.4 is 5.32 Å². The molecule has 0 saturated carbocycles. The predicted octanol–water partition coefficient (Wildman–Crippen LogP) is 3.94. The lowest BCUT2D eigenvalue weighted by Gasteiger charge is -2.13. The number of nitrogens with one attached hydrogen (secondary N) is 1. The molecular weight excluding hydrogens is 245 g/mol. The number of fused-ring (bicyclic) bond motifs is 1. The summed E-state index contributed by atoms with van der Waals surface area (Å²) in [4.78, 5) is 0. The normalized spacial score (nSPS) is 18.0. The van der Waals surface area contributed by atoms with Gasteiger partial charge < -0.3 is 5.32 Å². The molecule has 0 spiro atoms. The lowest BCUT2D eigenvalue weighted by molar-refractivity contribution is 0.511. The fourth-order valence-corrected chi connectivity index (χ4v) is 3.12. The van der Waals surface area contributed by atoms with Crippen molar-refractivity contribution in [2.75, 3.05) is 18.6 Å². The van der Waals surface area contributed by atoms with Gasteiger partial charge >= 0.3 is 0 Å². The van der Waals surface area contributed by atoms with Gasteiger partial charge in [0, 0.05) is 6.04 Å². The molecule has 1 aromatic rings. The van der Waals surface area contributed by atoms with E-state index in [1.54, 1.807) is 12.1 Å². The Bertz CT molecular complexity index is 381. The molecule has 1 aliphatic carbocycles. The molecule has 1 nitrogen and oxygen atoms in total. The average molecular weight is 267 g/mol. The molecule has 0 aliphatic heterocycles. The minimum absolute atomic E-state index is 0.105. The third kappa shape index (κ3) is 3.72. The molecular formula is C15H22FNS. The van der Waals surface area contributed by atoms with E-state index < -0.39 is 0 Å². The summed E-state index contributed by atoms with van der Waals surface area (Å²) in [5, 5.41) is 3.60. The third-order valence-electron chi connectivity index (χ3n) is 3.60. The SMILES string of the molecule is CSCCCCCNC1CCc2cc(F)ccc21. The zero-order chi connectivity index (χ0) is 12.8. The monoisotopic (exact) mass is 267 g/mol. The first-order valence-corrected chi connectivity index (χ1v) is 8.21. The van der Waals surface area contributed by atoms with Crippen LogP contribution >= 0.6 is 11.8 Å². The molecule has 0 bridgehead atoms. The summed E-state index contributed by atoms with van der Waals surface area (Å²) in [5.41, 5.74) is 2.50. The van der Waals surface area contributed by atoms with E-state index in [0.717, 1.165) is 19.4 Å². The van der Waals surface area contributed by atoms with Crippen LogP contribution in [0.2, 0.25) is 0 Å². The van der Waals surface area contributed by atoms with Crippen LogP contribution in [0.1, 0.15) is 42.9 Å². The van der Waals surface area contributed by atoms with Crippen LogP contribution in [0.4, 0.5) is 4.39 Å². The van der Waals surface area contributed by atoms with Gasteiger partial charge in [-0.2, -0.15) is 11.8 Å². The Kier molecular flexibility index (Phi) is 5.51. The number of benzene rings is 1. The van der Waals surface area contributed by atoms with Gasteiger partial charge in [0.1, 0.15) is 5.82 Å². The molecule has 1 aliphatic rings. The molecule has 0 fully saturated rings. The number of halogens is 1. The topological polar surface area (TPSA) is 12.0 Å². The van der Waals surface area contributed by atoms with Crippen LogP contribution in [-0.4, -0.2) is 18.6 Å². The van der Waals surface area contributed by atoms with E-state index in [0.29, 0.717) is 6.04 Å². The summed E-state index contributed by atoms with van der Waals surface area (Å²) < 4.78 is 13.1. The molecule has 0 saturated heterocycles. The number of hydrogen-bond acceptors (Lipinski definition) is 2. The van der Waals surface area contributed by atoms with Gasteiger partial charge in [0.05, 0.1) is 0 Å². The highest BCUT2D eigenvalue weighted by Gasteiger charge is 2.21. The first-order valence-electron chi connectivity index (χ1n) is 6.82. The number of aryl methyl sites for hydroxylation is 1. The molecule has 0 heterocycles. The second kappa shape index (κ2) is 7.15. The molecule has 1 unspecified atom stereocenters. The smallest absolute Gasteiger partial charge is 0.123 e. The number of hydrogen-bond donors (Lipinski definition) is 1. The molecule has 100 valence electrons. The first kappa shape index (κ1) is 13.9. The molecule has 0 radical (unpaired) electrons. The third-order valence-corrected chi connectivity index (χ3v) is 4.30. The minimum Gasteiger partial charge on any atom is -0.310 e. The van der Waals surface area contributed by atoms with E-state index in [1.165, 1.54) is 36.1 Å². The van der Waals surface area contributed by atoms with Crippen LogP contribution in [0.3, 0.4) is 0 Å². The van der Waals surface area contributed by atoms with E-state index in [1.807, 2.05) is 17.8 Å². The largest absolute Gasteiger partial charge is 0.310 e. The second-order valence-corrected chi connectivity index (χ2v) is 5.93. The van der Waals surface area contributed by atoms with Crippen molar-refractivity contribution in [1.29, 1.82) is 0 Å². The molecule has 1 N–H and O–H groups in total. The highest BCUT2D eigenvalue weighted by atomic mass is 32.2. The fraction of sp³-hybridized carbons (Fsp3) is 0.600. The summed E-state index contributed by atoms with van der Waals surface area (Å²) in [6, 6.07) is 5.66. The summed E-state index contributed by atoms with van der Waals surface area (Å²) in [7, 11) is 0. The quantitative estimate of drug-likeness (QED) is 0.751. The average Bonchev–Trinajstić information content (AvgIpc) is 2.76. The Morgan fingerprint density at radius 3 is 3.06 bits per heavy atom. The Balaban J connectivity index is 1.73. The highest BCUT2D eigenvalue weighted by Crippen LogP contribution is 2.31. The van der Waals surface area contributed by atoms with Crippen molar-refractivity contribution in [3.8, 4) is 0 Å². The number of unbranched alkanes of at least 4 members (excludes halogenated alkanes) is 2. The molecule has 0 amide bonds. The number of rotatable bonds is 7. The van der Waals surface area contributed by atoms with Crippen molar-refractivity contribution in [1.82, 2.24) is 5.32 Å². The van der Waals surface area contributed by atoms with E-state index in [4.69, 9.17) is 0 Å². The zero-order valence-corrected chi connectivity index (χ0v) is 11.9. The summed E-state index contributed by atoms with van der Waals surface area (Å²) in [5.74, 6) is 1.16. The van der Waals surface area contributed by atoms with Gasteiger partial charge in [0.25, 0.3) is 0 Å². The van der Waals surface area contributed by atoms with Crippen molar-refractivity contribution >= 4 is 11.8 Å². The summed E-state index contributed by atoms with van der Waals surface area (Å²) >= 11 is 1.92. The van der Waals surface area contributed by atoms with Crippen LogP contribution in [0.25, 0.3) is 0 Å². The number of thioether (sulfide) groups is 1. The van der Waals surface area contributed by atoms with Gasteiger partial charge in [-0.25, -0.2) is 4.39 Å². The summed E-state index contributed by atoms with van der Waals surface area (Å²) in [6.07, 6.45) is 8.15. The van der Waals surface area contributed by atoms with E-state index in [9.17, 15) is 4.39 Å². The van der Waals surface area contributed by atoms with Gasteiger partial charge in [0.15, 0.2) is 0 Å². The Hall–Kier alpha value is -0.540. The summed E-state index contributed by atoms with van der Waals surface area (Å²) in [6.45, 7) is 1.08. The van der Waals surface area contributed by atoms with E-state index in [-0.39, 0.29) is 5.82 Å². The zero-order valence-electron chi connectivity index (χ0n) is 11.0. The van der Waals surface area contributed by atoms with Gasteiger partial charge in [-0.15, -0.1) is 0 Å². The molecule has 0 aromatic heterocycles. The fourth-order valence-electron chi connectivity index (χ4n) is 2.62. The van der Waals surface area contributed by atoms with Gasteiger partial charge in [0.2, 0.25) is 0 Å². The Labute approximate surface area is 114 Å². The van der Waals surface area contributed by atoms with Crippen molar-refractivity contribution in [3.05, 3.63) is 35.1 Å². The minimum atomic E-state index is -0.105. The van der Waals surface area contributed by atoms with Crippen molar-refractivity contribution in [3.63, 3.8) is 0 Å².